The maximum atomic E-state index is 12.1. The summed E-state index contributed by atoms with van der Waals surface area (Å²) in [6.07, 6.45) is 3.78. The van der Waals surface area contributed by atoms with Crippen molar-refractivity contribution in [2.24, 2.45) is 0 Å². The second-order valence-corrected chi connectivity index (χ2v) is 8.31. The second kappa shape index (κ2) is 11.4. The summed E-state index contributed by atoms with van der Waals surface area (Å²) in [5, 5.41) is 11.7. The Morgan fingerprint density at radius 1 is 1.03 bits per heavy atom. The summed E-state index contributed by atoms with van der Waals surface area (Å²) in [7, 11) is 0. The van der Waals surface area contributed by atoms with Crippen LogP contribution in [-0.4, -0.2) is 58.4 Å². The van der Waals surface area contributed by atoms with Gasteiger partial charge in [0, 0.05) is 45.6 Å². The van der Waals surface area contributed by atoms with E-state index in [0.717, 1.165) is 44.2 Å². The number of hydrogen-bond acceptors (Lipinski definition) is 5. The van der Waals surface area contributed by atoms with Crippen molar-refractivity contribution in [3.05, 3.63) is 83.4 Å². The molecule has 1 N–H and O–H groups in total. The zero-order valence-corrected chi connectivity index (χ0v) is 19.1. The van der Waals surface area contributed by atoms with Crippen LogP contribution in [0.5, 0.6) is 5.75 Å². The summed E-state index contributed by atoms with van der Waals surface area (Å²) >= 11 is 0. The van der Waals surface area contributed by atoms with Crippen molar-refractivity contribution < 1.29 is 9.53 Å². The summed E-state index contributed by atoms with van der Waals surface area (Å²) in [5.41, 5.74) is 2.58. The highest BCUT2D eigenvalue weighted by atomic mass is 16.5. The number of ether oxygens (including phenoxy) is 1. The number of para-hydroxylation sites is 1. The van der Waals surface area contributed by atoms with Gasteiger partial charge in [-0.2, -0.15) is 0 Å². The van der Waals surface area contributed by atoms with Gasteiger partial charge in [-0.05, 0) is 24.6 Å². The third-order valence-electron chi connectivity index (χ3n) is 5.67. The molecule has 172 valence electrons. The molecule has 1 amide bonds. The lowest BCUT2D eigenvalue weighted by molar-refractivity contribution is -0.123. The van der Waals surface area contributed by atoms with E-state index in [1.54, 1.807) is 0 Å². The molecule has 4 rings (SSSR count). The van der Waals surface area contributed by atoms with E-state index >= 15 is 0 Å². The number of nitrogens with zero attached hydrogens (tertiary/aromatic N) is 4. The minimum Gasteiger partial charge on any atom is -0.484 e. The van der Waals surface area contributed by atoms with Gasteiger partial charge in [-0.25, -0.2) is 0 Å². The molecule has 3 aromatic rings. The van der Waals surface area contributed by atoms with Crippen LogP contribution in [0.25, 0.3) is 6.08 Å². The zero-order chi connectivity index (χ0) is 22.9. The van der Waals surface area contributed by atoms with Gasteiger partial charge in [-0.3, -0.25) is 9.69 Å². The summed E-state index contributed by atoms with van der Waals surface area (Å²) in [6.45, 7) is 6.43. The van der Waals surface area contributed by atoms with Crippen LogP contribution in [0.15, 0.2) is 66.2 Å². The van der Waals surface area contributed by atoms with Gasteiger partial charge in [0.05, 0.1) is 0 Å². The molecule has 33 heavy (non-hydrogen) atoms. The first-order chi connectivity index (χ1) is 16.2. The Balaban J connectivity index is 1.23. The molecule has 1 aliphatic rings. The van der Waals surface area contributed by atoms with Crippen LogP contribution in [0.2, 0.25) is 0 Å². The van der Waals surface area contributed by atoms with Crippen molar-refractivity contribution in [1.82, 2.24) is 25.0 Å². The van der Waals surface area contributed by atoms with Crippen molar-refractivity contribution in [1.29, 1.82) is 0 Å². The van der Waals surface area contributed by atoms with E-state index in [4.69, 9.17) is 4.74 Å². The summed E-state index contributed by atoms with van der Waals surface area (Å²) in [6, 6.07) is 19.8. The fourth-order valence-corrected chi connectivity index (χ4v) is 4.03. The average Bonchev–Trinajstić information content (AvgIpc) is 3.11. The Kier molecular flexibility index (Phi) is 7.87. The number of benzene rings is 2. The van der Waals surface area contributed by atoms with E-state index in [9.17, 15) is 4.79 Å². The second-order valence-electron chi connectivity index (χ2n) is 8.31. The molecule has 0 fully saturated rings. The molecule has 2 aromatic carbocycles. The first kappa shape index (κ1) is 22.7. The summed E-state index contributed by atoms with van der Waals surface area (Å²) in [5.74, 6) is 2.50. The van der Waals surface area contributed by atoms with Crippen molar-refractivity contribution in [3.8, 4) is 5.75 Å². The van der Waals surface area contributed by atoms with Gasteiger partial charge >= 0.3 is 0 Å². The fourth-order valence-electron chi connectivity index (χ4n) is 4.03. The van der Waals surface area contributed by atoms with Crippen LogP contribution in [-0.2, 0) is 24.2 Å². The smallest absolute Gasteiger partial charge is 0.257 e. The molecule has 0 bridgehead atoms. The van der Waals surface area contributed by atoms with Crippen LogP contribution in [0.1, 0.15) is 24.1 Å². The Morgan fingerprint density at radius 3 is 2.58 bits per heavy atom. The number of fused-ring (bicyclic) bond motifs is 1. The quantitative estimate of drug-likeness (QED) is 0.548. The number of rotatable bonds is 9. The van der Waals surface area contributed by atoms with Gasteiger partial charge in [0.2, 0.25) is 0 Å². The molecule has 0 atom stereocenters. The van der Waals surface area contributed by atoms with Gasteiger partial charge in [-0.15, -0.1) is 10.2 Å². The molecule has 7 nitrogen and oxygen atoms in total. The standard InChI is InChI=1S/C26H31N5O2/c1-21(18-22-8-4-2-5-9-22)19-30-15-13-25-29-28-24(31(25)17-16-30)12-14-27-26(32)20-33-23-10-6-3-7-11-23/h2-11,18H,12-17,19-20H2,1H3,(H,27,32)/b21-18+. The van der Waals surface area contributed by atoms with Gasteiger partial charge in [0.25, 0.3) is 5.91 Å². The monoisotopic (exact) mass is 445 g/mol. The predicted octanol–water partition coefficient (Wildman–Crippen LogP) is 2.98. The van der Waals surface area contributed by atoms with Crippen LogP contribution in [0, 0.1) is 0 Å². The van der Waals surface area contributed by atoms with Crippen molar-refractivity contribution >= 4 is 12.0 Å². The number of aromatic nitrogens is 3. The molecule has 0 saturated carbocycles. The van der Waals surface area contributed by atoms with Crippen LogP contribution < -0.4 is 10.1 Å². The third-order valence-corrected chi connectivity index (χ3v) is 5.67. The van der Waals surface area contributed by atoms with Gasteiger partial charge in [0.15, 0.2) is 6.61 Å². The number of carbonyl (C=O) groups excluding carboxylic acids is 1. The Hall–Kier alpha value is -3.45. The summed E-state index contributed by atoms with van der Waals surface area (Å²) < 4.78 is 7.70. The maximum Gasteiger partial charge on any atom is 0.257 e. The molecule has 7 heteroatoms. The molecule has 0 spiro atoms. The predicted molar refractivity (Wildman–Crippen MR) is 129 cm³/mol. The molecular weight excluding hydrogens is 414 g/mol. The van der Waals surface area contributed by atoms with Gasteiger partial charge in [-0.1, -0.05) is 60.2 Å². The number of hydrogen-bond donors (Lipinski definition) is 1. The molecular formula is C26H31N5O2. The maximum absolute atomic E-state index is 12.1. The van der Waals surface area contributed by atoms with Crippen molar-refractivity contribution in [3.63, 3.8) is 0 Å². The van der Waals surface area contributed by atoms with E-state index in [0.29, 0.717) is 18.7 Å². The van der Waals surface area contributed by atoms with E-state index < -0.39 is 0 Å². The minimum absolute atomic E-state index is 0.00671. The SMILES string of the molecule is C/C(=C\c1ccccc1)CN1CCc2nnc(CCNC(=O)COc3ccccc3)n2CC1. The first-order valence-corrected chi connectivity index (χ1v) is 11.5. The molecule has 0 saturated heterocycles. The topological polar surface area (TPSA) is 72.3 Å². The first-order valence-electron chi connectivity index (χ1n) is 11.5. The number of nitrogens with one attached hydrogen (secondary N) is 1. The minimum atomic E-state index is -0.138. The molecule has 0 unspecified atom stereocenters. The molecule has 1 aromatic heterocycles. The normalized spacial score (nSPS) is 14.4. The number of amides is 1. The van der Waals surface area contributed by atoms with E-state index in [-0.39, 0.29) is 12.5 Å². The molecule has 2 heterocycles. The highest BCUT2D eigenvalue weighted by molar-refractivity contribution is 5.77. The lowest BCUT2D eigenvalue weighted by atomic mass is 10.1. The fraction of sp³-hybridized carbons (Fsp3) is 0.346. The van der Waals surface area contributed by atoms with Crippen molar-refractivity contribution in [2.45, 2.75) is 26.3 Å². The Morgan fingerprint density at radius 2 is 1.79 bits per heavy atom. The highest BCUT2D eigenvalue weighted by Gasteiger charge is 2.18. The lowest BCUT2D eigenvalue weighted by Gasteiger charge is -2.20. The van der Waals surface area contributed by atoms with Gasteiger partial charge < -0.3 is 14.6 Å². The average molecular weight is 446 g/mol. The zero-order valence-electron chi connectivity index (χ0n) is 19.1. The van der Waals surface area contributed by atoms with Crippen LogP contribution in [0.3, 0.4) is 0 Å². The number of carbonyl (C=O) groups is 1. The Bertz CT molecular complexity index is 1060. The van der Waals surface area contributed by atoms with E-state index in [1.165, 1.54) is 11.1 Å². The highest BCUT2D eigenvalue weighted by Crippen LogP contribution is 2.13. The largest absolute Gasteiger partial charge is 0.484 e. The van der Waals surface area contributed by atoms with Crippen LogP contribution >= 0.6 is 0 Å². The third kappa shape index (κ3) is 6.76. The van der Waals surface area contributed by atoms with E-state index in [2.05, 4.69) is 62.2 Å². The van der Waals surface area contributed by atoms with Gasteiger partial charge in [0.1, 0.15) is 17.4 Å². The molecule has 0 radical (unpaired) electrons. The molecule has 0 aliphatic carbocycles. The lowest BCUT2D eigenvalue weighted by Crippen LogP contribution is -2.31. The summed E-state index contributed by atoms with van der Waals surface area (Å²) in [4.78, 5) is 14.5. The van der Waals surface area contributed by atoms with Crippen LogP contribution in [0.4, 0.5) is 0 Å². The molecule has 1 aliphatic heterocycles. The Labute approximate surface area is 195 Å². The van der Waals surface area contributed by atoms with Crippen molar-refractivity contribution in [2.75, 3.05) is 32.8 Å². The van der Waals surface area contributed by atoms with E-state index in [1.807, 2.05) is 36.4 Å².